The molecular formula is C16H20N2O3. The Balaban J connectivity index is 1.74. The topological polar surface area (TPSA) is 58.6 Å². The van der Waals surface area contributed by atoms with Crippen LogP contribution in [0.2, 0.25) is 0 Å². The molecule has 5 nitrogen and oxygen atoms in total. The van der Waals surface area contributed by atoms with Gasteiger partial charge in [-0.1, -0.05) is 24.3 Å². The maximum Gasteiger partial charge on any atom is 0.307 e. The average Bonchev–Trinajstić information content (AvgIpc) is 2.50. The van der Waals surface area contributed by atoms with Gasteiger partial charge in [0.2, 0.25) is 5.91 Å². The summed E-state index contributed by atoms with van der Waals surface area (Å²) in [5.74, 6) is -0.312. The van der Waals surface area contributed by atoms with Crippen LogP contribution in [-0.2, 0) is 20.7 Å². The van der Waals surface area contributed by atoms with Crippen LogP contribution in [0, 0.1) is 0 Å². The van der Waals surface area contributed by atoms with Crippen LogP contribution in [0.15, 0.2) is 24.3 Å². The molecule has 0 radical (unpaired) electrons. The van der Waals surface area contributed by atoms with Gasteiger partial charge in [-0.05, 0) is 24.5 Å². The van der Waals surface area contributed by atoms with E-state index in [-0.39, 0.29) is 24.3 Å². The molecule has 0 saturated carbocycles. The first-order valence-corrected chi connectivity index (χ1v) is 7.48. The molecule has 2 aliphatic rings. The molecule has 1 aromatic carbocycles. The van der Waals surface area contributed by atoms with Gasteiger partial charge in [-0.3, -0.25) is 9.59 Å². The number of nitrogens with one attached hydrogen (secondary N) is 1. The minimum absolute atomic E-state index is 0.00815. The van der Waals surface area contributed by atoms with Gasteiger partial charge >= 0.3 is 5.97 Å². The molecule has 0 aromatic heterocycles. The second-order valence-electron chi connectivity index (χ2n) is 5.47. The highest BCUT2D eigenvalue weighted by Crippen LogP contribution is 2.32. The fraction of sp³-hybridized carbons (Fsp3) is 0.500. The van der Waals surface area contributed by atoms with E-state index >= 15 is 0 Å². The molecule has 1 aromatic rings. The van der Waals surface area contributed by atoms with Crippen molar-refractivity contribution in [2.75, 3.05) is 19.7 Å². The quantitative estimate of drug-likeness (QED) is 0.844. The molecule has 0 bridgehead atoms. The maximum atomic E-state index is 12.6. The number of esters is 1. The van der Waals surface area contributed by atoms with Crippen molar-refractivity contribution in [2.24, 2.45) is 0 Å². The number of benzene rings is 1. The molecule has 1 N–H and O–H groups in total. The van der Waals surface area contributed by atoms with Crippen molar-refractivity contribution in [1.82, 2.24) is 10.2 Å². The summed E-state index contributed by atoms with van der Waals surface area (Å²) in [5.41, 5.74) is 2.54. The molecule has 21 heavy (non-hydrogen) atoms. The standard InChI is InChI=1S/C16H20N2O3/c1-2-21-15(19)9-13-16(20)18-8-7-11-5-3-4-6-12(11)14(18)10-17-13/h3-6,13-14,17H,2,7-10H2,1H3/t13-,14+/m1/s1. The molecular weight excluding hydrogens is 268 g/mol. The highest BCUT2D eigenvalue weighted by atomic mass is 16.5. The number of piperazine rings is 1. The van der Waals surface area contributed by atoms with Crippen LogP contribution in [0.3, 0.4) is 0 Å². The van der Waals surface area contributed by atoms with Gasteiger partial charge < -0.3 is 15.0 Å². The normalized spacial score (nSPS) is 24.2. The third-order valence-corrected chi connectivity index (χ3v) is 4.23. The number of ether oxygens (including phenoxy) is 1. The van der Waals surface area contributed by atoms with Gasteiger partial charge in [0.15, 0.2) is 0 Å². The van der Waals surface area contributed by atoms with Gasteiger partial charge in [0.1, 0.15) is 0 Å². The van der Waals surface area contributed by atoms with E-state index in [1.807, 2.05) is 17.0 Å². The zero-order valence-corrected chi connectivity index (χ0v) is 12.2. The Kier molecular flexibility index (Phi) is 3.92. The lowest BCUT2D eigenvalue weighted by Gasteiger charge is -2.43. The molecule has 0 unspecified atom stereocenters. The van der Waals surface area contributed by atoms with Gasteiger partial charge in [-0.2, -0.15) is 0 Å². The molecule has 3 rings (SSSR count). The van der Waals surface area contributed by atoms with Gasteiger partial charge in [0.25, 0.3) is 0 Å². The summed E-state index contributed by atoms with van der Waals surface area (Å²) < 4.78 is 4.94. The molecule has 2 aliphatic heterocycles. The highest BCUT2D eigenvalue weighted by Gasteiger charge is 2.39. The molecule has 112 valence electrons. The van der Waals surface area contributed by atoms with Crippen molar-refractivity contribution in [3.63, 3.8) is 0 Å². The Hall–Kier alpha value is -1.88. The smallest absolute Gasteiger partial charge is 0.307 e. The Bertz CT molecular complexity index is 558. The van der Waals surface area contributed by atoms with Crippen molar-refractivity contribution in [3.8, 4) is 0 Å². The molecule has 2 atom stereocenters. The molecule has 5 heteroatoms. The number of nitrogens with zero attached hydrogens (tertiary/aromatic N) is 1. The van der Waals surface area contributed by atoms with E-state index in [4.69, 9.17) is 4.74 Å². The fourth-order valence-electron chi connectivity index (χ4n) is 3.22. The van der Waals surface area contributed by atoms with E-state index in [2.05, 4.69) is 17.4 Å². The number of fused-ring (bicyclic) bond motifs is 3. The van der Waals surface area contributed by atoms with Crippen LogP contribution in [0.5, 0.6) is 0 Å². The van der Waals surface area contributed by atoms with E-state index in [0.29, 0.717) is 13.2 Å². The number of rotatable bonds is 3. The Morgan fingerprint density at radius 3 is 3.05 bits per heavy atom. The molecule has 2 heterocycles. The SMILES string of the molecule is CCOC(=O)C[C@H]1NC[C@H]2c3ccccc3CCN2C1=O. The lowest BCUT2D eigenvalue weighted by atomic mass is 9.90. The fourth-order valence-corrected chi connectivity index (χ4v) is 3.22. The van der Waals surface area contributed by atoms with Crippen LogP contribution in [0.4, 0.5) is 0 Å². The Morgan fingerprint density at radius 1 is 1.43 bits per heavy atom. The van der Waals surface area contributed by atoms with Crippen LogP contribution in [0.25, 0.3) is 0 Å². The van der Waals surface area contributed by atoms with Gasteiger partial charge in [0, 0.05) is 13.1 Å². The van der Waals surface area contributed by atoms with Crippen molar-refractivity contribution in [2.45, 2.75) is 31.8 Å². The zero-order chi connectivity index (χ0) is 14.8. The number of carbonyl (C=O) groups excluding carboxylic acids is 2. The van der Waals surface area contributed by atoms with E-state index in [0.717, 1.165) is 13.0 Å². The summed E-state index contributed by atoms with van der Waals surface area (Å²) in [6.45, 7) is 3.53. The van der Waals surface area contributed by atoms with Crippen molar-refractivity contribution < 1.29 is 14.3 Å². The summed E-state index contributed by atoms with van der Waals surface area (Å²) in [7, 11) is 0. The maximum absolute atomic E-state index is 12.6. The first kappa shape index (κ1) is 14.1. The minimum Gasteiger partial charge on any atom is -0.466 e. The van der Waals surface area contributed by atoms with Crippen LogP contribution in [-0.4, -0.2) is 42.5 Å². The van der Waals surface area contributed by atoms with E-state index in [1.54, 1.807) is 6.92 Å². The number of hydrogen-bond acceptors (Lipinski definition) is 4. The van der Waals surface area contributed by atoms with Crippen LogP contribution < -0.4 is 5.32 Å². The lowest BCUT2D eigenvalue weighted by Crippen LogP contribution is -2.58. The van der Waals surface area contributed by atoms with E-state index in [1.165, 1.54) is 11.1 Å². The van der Waals surface area contributed by atoms with E-state index in [9.17, 15) is 9.59 Å². The molecule has 1 fully saturated rings. The first-order chi connectivity index (χ1) is 10.2. The van der Waals surface area contributed by atoms with Crippen LogP contribution >= 0.6 is 0 Å². The minimum atomic E-state index is -0.453. The lowest BCUT2D eigenvalue weighted by molar-refractivity contribution is -0.149. The first-order valence-electron chi connectivity index (χ1n) is 7.48. The second-order valence-corrected chi connectivity index (χ2v) is 5.47. The predicted molar refractivity (Wildman–Crippen MR) is 77.6 cm³/mol. The molecule has 0 aliphatic carbocycles. The summed E-state index contributed by atoms with van der Waals surface area (Å²) in [6.07, 6.45) is 0.988. The summed E-state index contributed by atoms with van der Waals surface area (Å²) in [4.78, 5) is 26.1. The summed E-state index contributed by atoms with van der Waals surface area (Å²) in [5, 5.41) is 3.21. The second kappa shape index (κ2) is 5.85. The number of carbonyl (C=O) groups is 2. The van der Waals surface area contributed by atoms with Gasteiger partial charge in [-0.15, -0.1) is 0 Å². The molecule has 0 spiro atoms. The largest absolute Gasteiger partial charge is 0.466 e. The molecule has 1 saturated heterocycles. The zero-order valence-electron chi connectivity index (χ0n) is 12.2. The predicted octanol–water partition coefficient (Wildman–Crippen LogP) is 1.04. The summed E-state index contributed by atoms with van der Waals surface area (Å²) >= 11 is 0. The monoisotopic (exact) mass is 288 g/mol. The van der Waals surface area contributed by atoms with Crippen molar-refractivity contribution >= 4 is 11.9 Å². The third-order valence-electron chi connectivity index (χ3n) is 4.23. The third kappa shape index (κ3) is 2.65. The van der Waals surface area contributed by atoms with Crippen molar-refractivity contribution in [1.29, 1.82) is 0 Å². The van der Waals surface area contributed by atoms with E-state index < -0.39 is 6.04 Å². The highest BCUT2D eigenvalue weighted by molar-refractivity contribution is 5.88. The van der Waals surface area contributed by atoms with Crippen LogP contribution in [0.1, 0.15) is 30.5 Å². The van der Waals surface area contributed by atoms with Crippen molar-refractivity contribution in [3.05, 3.63) is 35.4 Å². The Labute approximate surface area is 124 Å². The average molecular weight is 288 g/mol. The number of amides is 1. The number of hydrogen-bond donors (Lipinski definition) is 1. The van der Waals surface area contributed by atoms with Gasteiger partial charge in [0.05, 0.1) is 25.1 Å². The Morgan fingerprint density at radius 2 is 2.24 bits per heavy atom. The van der Waals surface area contributed by atoms with Gasteiger partial charge in [-0.25, -0.2) is 0 Å². The summed E-state index contributed by atoms with van der Waals surface area (Å²) in [6, 6.07) is 7.90. The molecule has 1 amide bonds.